The van der Waals surface area contributed by atoms with Crippen LogP contribution in [0.2, 0.25) is 0 Å². The van der Waals surface area contributed by atoms with Gasteiger partial charge in [-0.15, -0.1) is 10.2 Å². The summed E-state index contributed by atoms with van der Waals surface area (Å²) in [7, 11) is 2.00. The molecule has 1 N–H and O–H groups in total. The second-order valence-corrected chi connectivity index (χ2v) is 6.88. The Balaban J connectivity index is 1.71. The van der Waals surface area contributed by atoms with Crippen molar-refractivity contribution in [3.8, 4) is 0 Å². The summed E-state index contributed by atoms with van der Waals surface area (Å²) in [5.74, 6) is 1.89. The standard InChI is InChI=1S/C15H21N3O2S2/c1-18(8-12-6-4-3-5-7-12)9-13(19)10-22-15-17-16-14(20-15)11-21-2/h3-7,13,19H,8-11H2,1-2H3. The van der Waals surface area contributed by atoms with Crippen molar-refractivity contribution in [3.05, 3.63) is 41.8 Å². The van der Waals surface area contributed by atoms with Gasteiger partial charge in [0.05, 0.1) is 11.9 Å². The van der Waals surface area contributed by atoms with Crippen LogP contribution in [0.4, 0.5) is 0 Å². The molecule has 0 saturated heterocycles. The van der Waals surface area contributed by atoms with Crippen LogP contribution in [0.1, 0.15) is 11.5 Å². The fourth-order valence-corrected chi connectivity index (χ4v) is 3.08. The van der Waals surface area contributed by atoms with Crippen molar-refractivity contribution < 1.29 is 9.52 Å². The second-order valence-electron chi connectivity index (χ2n) is 5.04. The Labute approximate surface area is 139 Å². The summed E-state index contributed by atoms with van der Waals surface area (Å²) in [5.41, 5.74) is 1.24. The van der Waals surface area contributed by atoms with Crippen molar-refractivity contribution in [2.24, 2.45) is 0 Å². The first-order valence-corrected chi connectivity index (χ1v) is 9.40. The number of rotatable bonds is 9. The minimum Gasteiger partial charge on any atom is -0.415 e. The Morgan fingerprint density at radius 3 is 2.77 bits per heavy atom. The first-order valence-electron chi connectivity index (χ1n) is 7.02. The number of nitrogens with zero attached hydrogens (tertiary/aromatic N) is 3. The molecule has 22 heavy (non-hydrogen) atoms. The summed E-state index contributed by atoms with van der Waals surface area (Å²) < 4.78 is 5.47. The molecule has 0 spiro atoms. The van der Waals surface area contributed by atoms with E-state index in [4.69, 9.17) is 4.42 Å². The van der Waals surface area contributed by atoms with Gasteiger partial charge in [0.2, 0.25) is 5.89 Å². The molecule has 120 valence electrons. The molecule has 0 fully saturated rings. The van der Waals surface area contributed by atoms with E-state index < -0.39 is 6.10 Å². The van der Waals surface area contributed by atoms with Gasteiger partial charge in [-0.1, -0.05) is 42.1 Å². The third-order valence-electron chi connectivity index (χ3n) is 2.93. The quantitative estimate of drug-likeness (QED) is 0.704. The van der Waals surface area contributed by atoms with E-state index in [2.05, 4.69) is 27.2 Å². The fourth-order valence-electron chi connectivity index (χ4n) is 2.02. The molecular formula is C15H21N3O2S2. The molecule has 5 nitrogen and oxygen atoms in total. The molecule has 0 aliphatic rings. The normalized spacial score (nSPS) is 12.7. The van der Waals surface area contributed by atoms with Crippen LogP contribution in [-0.2, 0) is 12.3 Å². The van der Waals surface area contributed by atoms with Crippen LogP contribution in [0.15, 0.2) is 40.0 Å². The predicted molar refractivity (Wildman–Crippen MR) is 91.0 cm³/mol. The van der Waals surface area contributed by atoms with E-state index in [1.807, 2.05) is 31.5 Å². The molecule has 2 rings (SSSR count). The zero-order valence-electron chi connectivity index (χ0n) is 12.8. The number of aliphatic hydroxyl groups excluding tert-OH is 1. The van der Waals surface area contributed by atoms with Crippen LogP contribution in [0.25, 0.3) is 0 Å². The minimum absolute atomic E-state index is 0.436. The van der Waals surface area contributed by atoms with Gasteiger partial charge in [-0.05, 0) is 18.9 Å². The van der Waals surface area contributed by atoms with Gasteiger partial charge in [-0.25, -0.2) is 0 Å². The molecule has 0 radical (unpaired) electrons. The van der Waals surface area contributed by atoms with Crippen LogP contribution >= 0.6 is 23.5 Å². The third kappa shape index (κ3) is 6.00. The second kappa shape index (κ2) is 9.19. The average molecular weight is 339 g/mol. The van der Waals surface area contributed by atoms with Gasteiger partial charge in [0.15, 0.2) is 0 Å². The van der Waals surface area contributed by atoms with E-state index >= 15 is 0 Å². The van der Waals surface area contributed by atoms with E-state index in [9.17, 15) is 5.11 Å². The molecule has 0 saturated carbocycles. The van der Waals surface area contributed by atoms with Crippen LogP contribution in [0.3, 0.4) is 0 Å². The smallest absolute Gasteiger partial charge is 0.276 e. The van der Waals surface area contributed by atoms with Gasteiger partial charge in [-0.3, -0.25) is 4.90 Å². The third-order valence-corrected chi connectivity index (χ3v) is 4.43. The number of aliphatic hydroxyl groups is 1. The molecule has 1 aromatic heterocycles. The van der Waals surface area contributed by atoms with Crippen LogP contribution in [0, 0.1) is 0 Å². The molecule has 0 bridgehead atoms. The number of likely N-dealkylation sites (N-methyl/N-ethyl adjacent to an activating group) is 1. The number of hydrogen-bond donors (Lipinski definition) is 1. The van der Waals surface area contributed by atoms with Crippen LogP contribution in [-0.4, -0.2) is 51.9 Å². The Morgan fingerprint density at radius 1 is 1.27 bits per heavy atom. The first kappa shape index (κ1) is 17.3. The largest absolute Gasteiger partial charge is 0.415 e. The zero-order chi connectivity index (χ0) is 15.8. The lowest BCUT2D eigenvalue weighted by Gasteiger charge is -2.20. The van der Waals surface area contributed by atoms with E-state index in [0.29, 0.717) is 23.4 Å². The molecule has 1 heterocycles. The van der Waals surface area contributed by atoms with Gasteiger partial charge < -0.3 is 9.52 Å². The van der Waals surface area contributed by atoms with Gasteiger partial charge in [0.25, 0.3) is 5.22 Å². The maximum atomic E-state index is 10.1. The highest BCUT2D eigenvalue weighted by molar-refractivity contribution is 7.99. The van der Waals surface area contributed by atoms with Crippen molar-refractivity contribution in [1.29, 1.82) is 0 Å². The molecule has 7 heteroatoms. The van der Waals surface area contributed by atoms with E-state index in [1.54, 1.807) is 11.8 Å². The lowest BCUT2D eigenvalue weighted by Crippen LogP contribution is -2.30. The van der Waals surface area contributed by atoms with Gasteiger partial charge in [0, 0.05) is 18.8 Å². The topological polar surface area (TPSA) is 62.4 Å². The van der Waals surface area contributed by atoms with Crippen LogP contribution in [0.5, 0.6) is 0 Å². The Kier molecular flexibility index (Phi) is 7.24. The SMILES string of the molecule is CSCc1nnc(SCC(O)CN(C)Cc2ccccc2)o1. The molecule has 0 aliphatic carbocycles. The summed E-state index contributed by atoms with van der Waals surface area (Å²) in [6.45, 7) is 1.43. The van der Waals surface area contributed by atoms with E-state index in [0.717, 1.165) is 12.3 Å². The highest BCUT2D eigenvalue weighted by atomic mass is 32.2. The average Bonchev–Trinajstić information content (AvgIpc) is 2.94. The number of hydrogen-bond acceptors (Lipinski definition) is 7. The van der Waals surface area contributed by atoms with Crippen molar-refractivity contribution in [3.63, 3.8) is 0 Å². The highest BCUT2D eigenvalue weighted by Gasteiger charge is 2.12. The maximum absolute atomic E-state index is 10.1. The molecular weight excluding hydrogens is 318 g/mol. The number of thioether (sulfide) groups is 2. The predicted octanol–water partition coefficient (Wildman–Crippen LogP) is 2.52. The lowest BCUT2D eigenvalue weighted by molar-refractivity contribution is 0.142. The summed E-state index contributed by atoms with van der Waals surface area (Å²) in [6, 6.07) is 10.2. The Morgan fingerprint density at radius 2 is 2.05 bits per heavy atom. The molecule has 2 aromatic rings. The van der Waals surface area contributed by atoms with Crippen molar-refractivity contribution >= 4 is 23.5 Å². The summed E-state index contributed by atoms with van der Waals surface area (Å²) in [5, 5.41) is 18.5. The minimum atomic E-state index is -0.436. The van der Waals surface area contributed by atoms with Crippen LogP contribution < -0.4 is 0 Å². The molecule has 0 aliphatic heterocycles. The first-order chi connectivity index (χ1) is 10.7. The molecule has 0 amide bonds. The van der Waals surface area contributed by atoms with Crippen molar-refractivity contribution in [2.45, 2.75) is 23.6 Å². The van der Waals surface area contributed by atoms with Gasteiger partial charge in [-0.2, -0.15) is 11.8 Å². The maximum Gasteiger partial charge on any atom is 0.276 e. The van der Waals surface area contributed by atoms with Crippen molar-refractivity contribution in [1.82, 2.24) is 15.1 Å². The monoisotopic (exact) mass is 339 g/mol. The molecule has 1 unspecified atom stereocenters. The van der Waals surface area contributed by atoms with Crippen molar-refractivity contribution in [2.75, 3.05) is 25.6 Å². The van der Waals surface area contributed by atoms with Gasteiger partial charge >= 0.3 is 0 Å². The highest BCUT2D eigenvalue weighted by Crippen LogP contribution is 2.19. The molecule has 1 atom stereocenters. The summed E-state index contributed by atoms with van der Waals surface area (Å²) in [6.07, 6.45) is 1.55. The molecule has 1 aromatic carbocycles. The van der Waals surface area contributed by atoms with E-state index in [-0.39, 0.29) is 0 Å². The number of aromatic nitrogens is 2. The Bertz CT molecular complexity index is 551. The number of benzene rings is 1. The van der Waals surface area contributed by atoms with E-state index in [1.165, 1.54) is 17.3 Å². The Hall–Kier alpha value is -1.02. The zero-order valence-corrected chi connectivity index (χ0v) is 14.4. The summed E-state index contributed by atoms with van der Waals surface area (Å²) >= 11 is 3.04. The van der Waals surface area contributed by atoms with Gasteiger partial charge in [0.1, 0.15) is 0 Å². The summed E-state index contributed by atoms with van der Waals surface area (Å²) in [4.78, 5) is 2.10. The lowest BCUT2D eigenvalue weighted by atomic mass is 10.2. The fraction of sp³-hybridized carbons (Fsp3) is 0.467.